The molecule has 2 N–H and O–H groups in total. The number of hydrogen-bond acceptors (Lipinski definition) is 2. The van der Waals surface area contributed by atoms with Crippen molar-refractivity contribution in [1.29, 1.82) is 0 Å². The van der Waals surface area contributed by atoms with Crippen molar-refractivity contribution in [2.45, 2.75) is 32.2 Å². The van der Waals surface area contributed by atoms with Crippen LogP contribution in [0.2, 0.25) is 0 Å². The summed E-state index contributed by atoms with van der Waals surface area (Å²) in [4.78, 5) is 21.7. The molecular formula is C13H16BrNO3. The van der Waals surface area contributed by atoms with Crippen LogP contribution in [0.25, 0.3) is 0 Å². The summed E-state index contributed by atoms with van der Waals surface area (Å²) in [5.74, 6) is -0.986. The van der Waals surface area contributed by atoms with Gasteiger partial charge in [0.05, 0.1) is 0 Å². The van der Waals surface area contributed by atoms with Crippen LogP contribution >= 0.6 is 15.9 Å². The topological polar surface area (TPSA) is 66.4 Å². The van der Waals surface area contributed by atoms with Crippen molar-refractivity contribution in [3.8, 4) is 0 Å². The van der Waals surface area contributed by atoms with Crippen LogP contribution in [-0.2, 0) is 16.0 Å². The zero-order valence-corrected chi connectivity index (χ0v) is 11.7. The van der Waals surface area contributed by atoms with E-state index < -0.39 is 5.97 Å². The van der Waals surface area contributed by atoms with Gasteiger partial charge >= 0.3 is 5.97 Å². The van der Waals surface area contributed by atoms with Crippen LogP contribution in [0.3, 0.4) is 0 Å². The average molecular weight is 314 g/mol. The Hall–Kier alpha value is -1.36. The third-order valence-electron chi connectivity index (χ3n) is 2.49. The maximum atomic E-state index is 11.1. The van der Waals surface area contributed by atoms with Crippen LogP contribution in [0.4, 0.5) is 0 Å². The van der Waals surface area contributed by atoms with Crippen molar-refractivity contribution in [3.63, 3.8) is 0 Å². The van der Waals surface area contributed by atoms with Gasteiger partial charge in [0.15, 0.2) is 0 Å². The highest BCUT2D eigenvalue weighted by Gasteiger charge is 2.13. The molecule has 0 aliphatic carbocycles. The lowest BCUT2D eigenvalue weighted by Crippen LogP contribution is -2.35. The summed E-state index contributed by atoms with van der Waals surface area (Å²) in [6.07, 6.45) is 1.12. The summed E-state index contributed by atoms with van der Waals surface area (Å²) >= 11 is 3.38. The smallest absolute Gasteiger partial charge is 0.303 e. The first-order chi connectivity index (χ1) is 8.47. The van der Waals surface area contributed by atoms with Crippen molar-refractivity contribution in [2.75, 3.05) is 0 Å². The normalized spacial score (nSPS) is 11.9. The monoisotopic (exact) mass is 313 g/mol. The predicted molar refractivity (Wildman–Crippen MR) is 72.3 cm³/mol. The van der Waals surface area contributed by atoms with E-state index in [1.165, 1.54) is 6.92 Å². The summed E-state index contributed by atoms with van der Waals surface area (Å²) in [5, 5.41) is 11.5. The van der Waals surface area contributed by atoms with Crippen LogP contribution in [0.1, 0.15) is 25.3 Å². The average Bonchev–Trinajstić information content (AvgIpc) is 2.25. The van der Waals surface area contributed by atoms with E-state index in [1.54, 1.807) is 0 Å². The first-order valence-corrected chi connectivity index (χ1v) is 6.50. The van der Waals surface area contributed by atoms with Crippen molar-refractivity contribution < 1.29 is 14.7 Å². The quantitative estimate of drug-likeness (QED) is 0.847. The molecule has 5 heteroatoms. The second kappa shape index (κ2) is 7.16. The molecule has 0 spiro atoms. The third-order valence-corrected chi connectivity index (χ3v) is 2.98. The number of aliphatic carboxylic acids is 1. The van der Waals surface area contributed by atoms with Gasteiger partial charge in [0.25, 0.3) is 0 Å². The third kappa shape index (κ3) is 5.82. The van der Waals surface area contributed by atoms with Crippen LogP contribution in [-0.4, -0.2) is 23.0 Å². The number of carboxylic acids is 1. The lowest BCUT2D eigenvalue weighted by molar-refractivity contribution is -0.137. The molecule has 0 saturated carbocycles. The van der Waals surface area contributed by atoms with E-state index in [0.717, 1.165) is 10.0 Å². The standard InChI is InChI=1S/C13H16BrNO3/c1-9(16)15-12(5-6-13(17)18)8-10-3-2-4-11(14)7-10/h2-4,7,12H,5-6,8H2,1H3,(H,15,16)(H,17,18). The largest absolute Gasteiger partial charge is 0.481 e. The number of carbonyl (C=O) groups excluding carboxylic acids is 1. The molecule has 0 aromatic heterocycles. The molecule has 98 valence electrons. The van der Waals surface area contributed by atoms with E-state index in [9.17, 15) is 9.59 Å². The molecule has 4 nitrogen and oxygen atoms in total. The van der Waals surface area contributed by atoms with Gasteiger partial charge in [-0.1, -0.05) is 28.1 Å². The molecule has 0 fully saturated rings. The molecule has 1 amide bonds. The zero-order chi connectivity index (χ0) is 13.5. The summed E-state index contributed by atoms with van der Waals surface area (Å²) in [7, 11) is 0. The number of amides is 1. The van der Waals surface area contributed by atoms with E-state index in [1.807, 2.05) is 24.3 Å². The van der Waals surface area contributed by atoms with Crippen LogP contribution in [0, 0.1) is 0 Å². The minimum Gasteiger partial charge on any atom is -0.481 e. The van der Waals surface area contributed by atoms with E-state index in [0.29, 0.717) is 12.8 Å². The Balaban J connectivity index is 2.65. The van der Waals surface area contributed by atoms with Gasteiger partial charge in [-0.15, -0.1) is 0 Å². The van der Waals surface area contributed by atoms with Crippen molar-refractivity contribution in [3.05, 3.63) is 34.3 Å². The summed E-state index contributed by atoms with van der Waals surface area (Å²) < 4.78 is 0.972. The highest BCUT2D eigenvalue weighted by molar-refractivity contribution is 9.10. The van der Waals surface area contributed by atoms with Gasteiger partial charge in [-0.05, 0) is 30.5 Å². The molecule has 1 unspecified atom stereocenters. The number of benzene rings is 1. The molecule has 1 aromatic carbocycles. The number of rotatable bonds is 6. The van der Waals surface area contributed by atoms with Gasteiger partial charge in [0.1, 0.15) is 0 Å². The molecule has 1 rings (SSSR count). The van der Waals surface area contributed by atoms with Crippen LogP contribution in [0.15, 0.2) is 28.7 Å². The second-order valence-corrected chi connectivity index (χ2v) is 5.08. The lowest BCUT2D eigenvalue weighted by Gasteiger charge is -2.17. The minimum atomic E-state index is -0.848. The number of nitrogens with one attached hydrogen (secondary N) is 1. The zero-order valence-electron chi connectivity index (χ0n) is 10.1. The fourth-order valence-corrected chi connectivity index (χ4v) is 2.21. The highest BCUT2D eigenvalue weighted by Crippen LogP contribution is 2.14. The van der Waals surface area contributed by atoms with E-state index in [4.69, 9.17) is 5.11 Å². The highest BCUT2D eigenvalue weighted by atomic mass is 79.9. The second-order valence-electron chi connectivity index (χ2n) is 4.16. The number of hydrogen-bond donors (Lipinski definition) is 2. The van der Waals surface area contributed by atoms with Crippen LogP contribution in [0.5, 0.6) is 0 Å². The van der Waals surface area contributed by atoms with Crippen molar-refractivity contribution >= 4 is 27.8 Å². The number of carboxylic acid groups (broad SMARTS) is 1. The van der Waals surface area contributed by atoms with Gasteiger partial charge in [-0.2, -0.15) is 0 Å². The Bertz CT molecular complexity index is 434. The van der Waals surface area contributed by atoms with Gasteiger partial charge in [0.2, 0.25) is 5.91 Å². The van der Waals surface area contributed by atoms with Gasteiger partial charge in [-0.3, -0.25) is 9.59 Å². The van der Waals surface area contributed by atoms with Gasteiger partial charge < -0.3 is 10.4 Å². The summed E-state index contributed by atoms with van der Waals surface area (Å²) in [6.45, 7) is 1.44. The molecule has 0 aliphatic rings. The molecule has 0 radical (unpaired) electrons. The number of carbonyl (C=O) groups is 2. The summed E-state index contributed by atoms with van der Waals surface area (Å²) in [6, 6.07) is 7.62. The van der Waals surface area contributed by atoms with Gasteiger partial charge in [-0.25, -0.2) is 0 Å². The molecule has 0 saturated heterocycles. The minimum absolute atomic E-state index is 0.0545. The Morgan fingerprint density at radius 3 is 2.72 bits per heavy atom. The van der Waals surface area contributed by atoms with Crippen molar-refractivity contribution in [1.82, 2.24) is 5.32 Å². The Labute approximate surface area is 115 Å². The molecule has 0 aliphatic heterocycles. The van der Waals surface area contributed by atoms with Crippen molar-refractivity contribution in [2.24, 2.45) is 0 Å². The van der Waals surface area contributed by atoms with E-state index in [2.05, 4.69) is 21.2 Å². The summed E-state index contributed by atoms with van der Waals surface area (Å²) in [5.41, 5.74) is 1.06. The molecule has 1 aromatic rings. The van der Waals surface area contributed by atoms with Gasteiger partial charge in [0, 0.05) is 23.9 Å². The first-order valence-electron chi connectivity index (χ1n) is 5.70. The molecule has 1 atom stereocenters. The Morgan fingerprint density at radius 1 is 1.44 bits per heavy atom. The maximum absolute atomic E-state index is 11.1. The Morgan fingerprint density at radius 2 is 2.17 bits per heavy atom. The molecule has 18 heavy (non-hydrogen) atoms. The fourth-order valence-electron chi connectivity index (χ4n) is 1.76. The Kier molecular flexibility index (Phi) is 5.85. The SMILES string of the molecule is CC(=O)NC(CCC(=O)O)Cc1cccc(Br)c1. The van der Waals surface area contributed by atoms with Crippen LogP contribution < -0.4 is 5.32 Å². The predicted octanol–water partition coefficient (Wildman–Crippen LogP) is 2.36. The molecule has 0 heterocycles. The number of halogens is 1. The molecule has 0 bridgehead atoms. The maximum Gasteiger partial charge on any atom is 0.303 e. The van der Waals surface area contributed by atoms with E-state index >= 15 is 0 Å². The fraction of sp³-hybridized carbons (Fsp3) is 0.385. The molecular weight excluding hydrogens is 298 g/mol. The first kappa shape index (κ1) is 14.7. The lowest BCUT2D eigenvalue weighted by atomic mass is 10.0. The van der Waals surface area contributed by atoms with E-state index in [-0.39, 0.29) is 18.4 Å².